The monoisotopic (exact) mass is 331 g/mol. The minimum Gasteiger partial charge on any atom is -0.497 e. The Hall–Kier alpha value is -3.25. The van der Waals surface area contributed by atoms with Gasteiger partial charge in [0.15, 0.2) is 5.65 Å². The number of pyridine rings is 1. The Labute approximate surface area is 144 Å². The van der Waals surface area contributed by atoms with Crippen molar-refractivity contribution < 1.29 is 4.74 Å². The quantitative estimate of drug-likeness (QED) is 0.622. The van der Waals surface area contributed by atoms with E-state index in [0.29, 0.717) is 0 Å². The minimum atomic E-state index is -0.336. The average molecular weight is 331 g/mol. The van der Waals surface area contributed by atoms with Gasteiger partial charge in [-0.3, -0.25) is 4.98 Å². The maximum Gasteiger partial charge on any atom is 0.163 e. The van der Waals surface area contributed by atoms with Crippen molar-refractivity contribution in [3.63, 3.8) is 0 Å². The van der Waals surface area contributed by atoms with Gasteiger partial charge in [-0.2, -0.15) is 5.10 Å². The van der Waals surface area contributed by atoms with Gasteiger partial charge in [-0.1, -0.05) is 18.2 Å². The highest BCUT2D eigenvalue weighted by molar-refractivity contribution is 5.77. The van der Waals surface area contributed by atoms with Crippen LogP contribution in [0.4, 0.5) is 0 Å². The van der Waals surface area contributed by atoms with Gasteiger partial charge >= 0.3 is 0 Å². The lowest BCUT2D eigenvalue weighted by molar-refractivity contribution is 0.415. The van der Waals surface area contributed by atoms with Crippen molar-refractivity contribution >= 4 is 5.65 Å². The Balaban J connectivity index is 1.77. The summed E-state index contributed by atoms with van der Waals surface area (Å²) in [6.07, 6.45) is 7.17. The predicted molar refractivity (Wildman–Crippen MR) is 95.2 cm³/mol. The third kappa shape index (κ3) is 2.83. The molecule has 0 saturated carbocycles. The normalized spacial score (nSPS) is 12.2. The lowest BCUT2D eigenvalue weighted by Gasteiger charge is -2.11. The maximum absolute atomic E-state index is 6.35. The molecule has 0 amide bonds. The van der Waals surface area contributed by atoms with Gasteiger partial charge in [-0.05, 0) is 35.4 Å². The summed E-state index contributed by atoms with van der Waals surface area (Å²) in [5.41, 5.74) is 10.8. The number of aromatic nitrogens is 4. The molecule has 0 spiro atoms. The summed E-state index contributed by atoms with van der Waals surface area (Å²) in [4.78, 5) is 8.87. The van der Waals surface area contributed by atoms with E-state index < -0.39 is 0 Å². The second kappa shape index (κ2) is 6.33. The zero-order valence-corrected chi connectivity index (χ0v) is 13.7. The molecular weight excluding hydrogens is 314 g/mol. The molecule has 3 aromatic heterocycles. The molecule has 25 heavy (non-hydrogen) atoms. The third-order valence-electron chi connectivity index (χ3n) is 4.15. The molecule has 4 rings (SSSR count). The van der Waals surface area contributed by atoms with Gasteiger partial charge in [0, 0.05) is 24.2 Å². The van der Waals surface area contributed by atoms with Crippen LogP contribution in [0.2, 0.25) is 0 Å². The number of rotatable bonds is 4. The van der Waals surface area contributed by atoms with E-state index in [-0.39, 0.29) is 6.04 Å². The third-order valence-corrected chi connectivity index (χ3v) is 4.15. The van der Waals surface area contributed by atoms with Crippen LogP contribution >= 0.6 is 0 Å². The van der Waals surface area contributed by atoms with Crippen LogP contribution in [0.1, 0.15) is 17.3 Å². The number of benzene rings is 1. The molecule has 0 bridgehead atoms. The van der Waals surface area contributed by atoms with Crippen molar-refractivity contribution in [2.45, 2.75) is 6.04 Å². The molecule has 0 aliphatic carbocycles. The molecule has 1 unspecified atom stereocenters. The van der Waals surface area contributed by atoms with Crippen LogP contribution in [0.15, 0.2) is 67.3 Å². The molecule has 6 heteroatoms. The van der Waals surface area contributed by atoms with E-state index in [1.807, 2.05) is 54.9 Å². The molecule has 0 fully saturated rings. The smallest absolute Gasteiger partial charge is 0.163 e. The molecule has 124 valence electrons. The van der Waals surface area contributed by atoms with Crippen molar-refractivity contribution in [3.05, 3.63) is 78.5 Å². The Morgan fingerprint density at radius 2 is 1.92 bits per heavy atom. The highest BCUT2D eigenvalue weighted by Crippen LogP contribution is 2.26. The Bertz CT molecular complexity index is 995. The number of nitrogens with zero attached hydrogens (tertiary/aromatic N) is 4. The van der Waals surface area contributed by atoms with Crippen molar-refractivity contribution in [3.8, 4) is 16.9 Å². The summed E-state index contributed by atoms with van der Waals surface area (Å²) in [6.45, 7) is 0. The molecule has 1 atom stereocenters. The molecule has 2 N–H and O–H groups in total. The molecule has 1 aromatic carbocycles. The molecule has 0 aliphatic heterocycles. The first-order chi connectivity index (χ1) is 12.3. The summed E-state index contributed by atoms with van der Waals surface area (Å²) >= 11 is 0. The van der Waals surface area contributed by atoms with Crippen molar-refractivity contribution in [2.24, 2.45) is 5.73 Å². The zero-order valence-electron chi connectivity index (χ0n) is 13.7. The standard InChI is InChI=1S/C19H17N5O/c1-25-15-6-4-13(5-7-15)16-12-22-24-10-8-17(23-19(16)24)18(20)14-3-2-9-21-11-14/h2-12,18H,20H2,1H3. The van der Waals surface area contributed by atoms with Crippen LogP contribution < -0.4 is 10.5 Å². The van der Waals surface area contributed by atoms with Gasteiger partial charge in [-0.25, -0.2) is 9.50 Å². The van der Waals surface area contributed by atoms with Crippen LogP contribution in [-0.2, 0) is 0 Å². The fourth-order valence-electron chi connectivity index (χ4n) is 2.76. The summed E-state index contributed by atoms with van der Waals surface area (Å²) in [7, 11) is 1.65. The first-order valence-electron chi connectivity index (χ1n) is 7.90. The van der Waals surface area contributed by atoms with E-state index in [2.05, 4.69) is 10.1 Å². The number of hydrogen-bond acceptors (Lipinski definition) is 5. The molecule has 0 radical (unpaired) electrons. The molecule has 4 aromatic rings. The largest absolute Gasteiger partial charge is 0.497 e. The first kappa shape index (κ1) is 15.3. The fraction of sp³-hybridized carbons (Fsp3) is 0.105. The summed E-state index contributed by atoms with van der Waals surface area (Å²) < 4.78 is 6.96. The van der Waals surface area contributed by atoms with E-state index >= 15 is 0 Å². The fourth-order valence-corrected chi connectivity index (χ4v) is 2.76. The van der Waals surface area contributed by atoms with E-state index in [9.17, 15) is 0 Å². The second-order valence-electron chi connectivity index (χ2n) is 5.67. The van der Waals surface area contributed by atoms with Gasteiger partial charge in [0.25, 0.3) is 0 Å². The lowest BCUT2D eigenvalue weighted by atomic mass is 10.1. The summed E-state index contributed by atoms with van der Waals surface area (Å²) in [5, 5.41) is 4.38. The van der Waals surface area contributed by atoms with Crippen molar-refractivity contribution in [2.75, 3.05) is 7.11 Å². The molecular formula is C19H17N5O. The maximum atomic E-state index is 6.35. The highest BCUT2D eigenvalue weighted by Gasteiger charge is 2.14. The van der Waals surface area contributed by atoms with E-state index in [4.69, 9.17) is 15.5 Å². The number of methoxy groups -OCH3 is 1. The van der Waals surface area contributed by atoms with Crippen molar-refractivity contribution in [1.29, 1.82) is 0 Å². The minimum absolute atomic E-state index is 0.336. The predicted octanol–water partition coefficient (Wildman–Crippen LogP) is 2.85. The van der Waals surface area contributed by atoms with Crippen LogP contribution in [0.3, 0.4) is 0 Å². The molecule has 0 aliphatic rings. The van der Waals surface area contributed by atoms with Gasteiger partial charge in [0.05, 0.1) is 25.0 Å². The van der Waals surface area contributed by atoms with E-state index in [1.165, 1.54) is 0 Å². The zero-order chi connectivity index (χ0) is 17.2. The number of hydrogen-bond donors (Lipinski definition) is 1. The van der Waals surface area contributed by atoms with Gasteiger partial charge in [0.1, 0.15) is 5.75 Å². The lowest BCUT2D eigenvalue weighted by Crippen LogP contribution is -2.14. The molecule has 0 saturated heterocycles. The van der Waals surface area contributed by atoms with Gasteiger partial charge < -0.3 is 10.5 Å². The second-order valence-corrected chi connectivity index (χ2v) is 5.67. The average Bonchev–Trinajstić information content (AvgIpc) is 3.11. The topological polar surface area (TPSA) is 78.3 Å². The molecule has 6 nitrogen and oxygen atoms in total. The van der Waals surface area contributed by atoms with Crippen LogP contribution in [0.25, 0.3) is 16.8 Å². The number of fused-ring (bicyclic) bond motifs is 1. The van der Waals surface area contributed by atoms with Crippen molar-refractivity contribution in [1.82, 2.24) is 19.6 Å². The van der Waals surface area contributed by atoms with Crippen LogP contribution in [-0.4, -0.2) is 26.7 Å². The van der Waals surface area contributed by atoms with Gasteiger partial charge in [-0.15, -0.1) is 0 Å². The van der Waals surface area contributed by atoms with E-state index in [0.717, 1.165) is 33.8 Å². The van der Waals surface area contributed by atoms with Gasteiger partial charge in [0.2, 0.25) is 0 Å². The first-order valence-corrected chi connectivity index (χ1v) is 7.90. The SMILES string of the molecule is COc1ccc(-c2cnn3ccc(C(N)c4cccnc4)nc23)cc1. The Morgan fingerprint density at radius 3 is 2.64 bits per heavy atom. The van der Waals surface area contributed by atoms with E-state index in [1.54, 1.807) is 24.0 Å². The number of nitrogens with two attached hydrogens (primary N) is 1. The summed E-state index contributed by atoms with van der Waals surface area (Å²) in [6, 6.07) is 13.2. The highest BCUT2D eigenvalue weighted by atomic mass is 16.5. The number of ether oxygens (including phenoxy) is 1. The van der Waals surface area contributed by atoms with Crippen LogP contribution in [0.5, 0.6) is 5.75 Å². The van der Waals surface area contributed by atoms with Crippen LogP contribution in [0, 0.1) is 0 Å². The molecule has 3 heterocycles. The Morgan fingerprint density at radius 1 is 1.08 bits per heavy atom. The Kier molecular flexibility index (Phi) is 3.87. The summed E-state index contributed by atoms with van der Waals surface area (Å²) in [5.74, 6) is 0.812.